The Hall–Kier alpha value is -1.04. The van der Waals surface area contributed by atoms with Gasteiger partial charge < -0.3 is 9.90 Å². The molecule has 0 aliphatic rings. The summed E-state index contributed by atoms with van der Waals surface area (Å²) < 4.78 is 37.2. The number of aldehydes is 1. The first-order valence-electron chi connectivity index (χ1n) is 4.38. The van der Waals surface area contributed by atoms with E-state index in [1.165, 1.54) is 0 Å². The van der Waals surface area contributed by atoms with Crippen LogP contribution in [0.1, 0.15) is 17.5 Å². The molecule has 1 aromatic carbocycles. The summed E-state index contributed by atoms with van der Waals surface area (Å²) >= 11 is 2.94. The summed E-state index contributed by atoms with van der Waals surface area (Å²) in [6.45, 7) is 0. The maximum atomic E-state index is 12.3. The van der Waals surface area contributed by atoms with Gasteiger partial charge in [-0.1, -0.05) is 15.9 Å². The third kappa shape index (κ3) is 2.98. The minimum Gasteiger partial charge on any atom is -0.508 e. The van der Waals surface area contributed by atoms with Gasteiger partial charge in [-0.15, -0.1) is 0 Å². The molecule has 0 radical (unpaired) electrons. The number of carbonyl (C=O) groups is 1. The molecule has 0 atom stereocenters. The largest absolute Gasteiger partial charge is 0.508 e. The maximum absolute atomic E-state index is 12.3. The van der Waals surface area contributed by atoms with Gasteiger partial charge in [0.05, 0.1) is 5.56 Å². The van der Waals surface area contributed by atoms with E-state index in [9.17, 15) is 23.1 Å². The van der Waals surface area contributed by atoms with Gasteiger partial charge in [0.15, 0.2) is 0 Å². The van der Waals surface area contributed by atoms with E-state index in [2.05, 4.69) is 15.9 Å². The fourth-order valence-electron chi connectivity index (χ4n) is 1.24. The Balaban J connectivity index is 3.12. The lowest BCUT2D eigenvalue weighted by Crippen LogP contribution is -2.05. The highest BCUT2D eigenvalue weighted by Crippen LogP contribution is 2.36. The molecule has 0 aliphatic carbocycles. The predicted octanol–water partition coefficient (Wildman–Crippen LogP) is 3.31. The molecule has 1 rings (SSSR count). The van der Waals surface area contributed by atoms with Crippen molar-refractivity contribution in [1.82, 2.24) is 0 Å². The normalized spacial score (nSPS) is 11.5. The van der Waals surface area contributed by atoms with Gasteiger partial charge in [0, 0.05) is 16.5 Å². The van der Waals surface area contributed by atoms with E-state index in [1.807, 2.05) is 0 Å². The van der Waals surface area contributed by atoms with Crippen LogP contribution in [0.15, 0.2) is 16.6 Å². The molecule has 2 nitrogen and oxygen atoms in total. The highest BCUT2D eigenvalue weighted by Gasteiger charge is 2.31. The van der Waals surface area contributed by atoms with Crippen molar-refractivity contribution in [2.45, 2.75) is 19.0 Å². The Kier molecular flexibility index (Phi) is 3.96. The number of aromatic hydroxyl groups is 1. The molecule has 88 valence electrons. The number of phenols is 1. The van der Waals surface area contributed by atoms with Gasteiger partial charge in [0.2, 0.25) is 0 Å². The third-order valence-electron chi connectivity index (χ3n) is 2.01. The number of phenolic OH excluding ortho intramolecular Hbond substituents is 1. The van der Waals surface area contributed by atoms with Gasteiger partial charge in [-0.25, -0.2) is 0 Å². The zero-order valence-electron chi connectivity index (χ0n) is 8.01. The first-order chi connectivity index (χ1) is 7.36. The first kappa shape index (κ1) is 13.0. The molecular formula is C10H8BrF3O2. The molecule has 0 amide bonds. The number of hydrogen-bond acceptors (Lipinski definition) is 2. The molecule has 1 N–H and O–H groups in total. The topological polar surface area (TPSA) is 37.3 Å². The van der Waals surface area contributed by atoms with Crippen LogP contribution in [0.25, 0.3) is 0 Å². The Labute approximate surface area is 98.2 Å². The lowest BCUT2D eigenvalue weighted by molar-refractivity contribution is -0.137. The lowest BCUT2D eigenvalue weighted by Gasteiger charge is -2.11. The van der Waals surface area contributed by atoms with Crippen LogP contribution in [-0.4, -0.2) is 11.4 Å². The number of alkyl halides is 3. The molecule has 0 saturated heterocycles. The Morgan fingerprint density at radius 2 is 2.00 bits per heavy atom. The molecule has 0 unspecified atom stereocenters. The average Bonchev–Trinajstić information content (AvgIpc) is 2.15. The van der Waals surface area contributed by atoms with E-state index in [-0.39, 0.29) is 17.3 Å². The summed E-state index contributed by atoms with van der Waals surface area (Å²) in [5.41, 5.74) is -0.619. The second-order valence-electron chi connectivity index (χ2n) is 3.16. The monoisotopic (exact) mass is 296 g/mol. The van der Waals surface area contributed by atoms with Gasteiger partial charge in [0.25, 0.3) is 0 Å². The van der Waals surface area contributed by atoms with Crippen molar-refractivity contribution >= 4 is 22.2 Å². The second kappa shape index (κ2) is 4.86. The average molecular weight is 297 g/mol. The van der Waals surface area contributed by atoms with E-state index in [0.29, 0.717) is 17.9 Å². The summed E-state index contributed by atoms with van der Waals surface area (Å²) in [6.07, 6.45) is -3.50. The van der Waals surface area contributed by atoms with E-state index < -0.39 is 17.5 Å². The van der Waals surface area contributed by atoms with Gasteiger partial charge in [-0.2, -0.15) is 13.2 Å². The summed E-state index contributed by atoms with van der Waals surface area (Å²) in [5.74, 6) is -0.455. The van der Waals surface area contributed by atoms with Crippen LogP contribution in [0, 0.1) is 0 Å². The summed E-state index contributed by atoms with van der Waals surface area (Å²) in [7, 11) is 0. The highest BCUT2D eigenvalue weighted by molar-refractivity contribution is 9.10. The first-order valence-corrected chi connectivity index (χ1v) is 5.17. The summed E-state index contributed by atoms with van der Waals surface area (Å²) in [5, 5.41) is 9.42. The molecule has 0 bridgehead atoms. The van der Waals surface area contributed by atoms with Crippen molar-refractivity contribution in [3.63, 3.8) is 0 Å². The zero-order valence-corrected chi connectivity index (χ0v) is 9.60. The van der Waals surface area contributed by atoms with Crippen molar-refractivity contribution in [3.05, 3.63) is 27.7 Å². The fraction of sp³-hybridized carbons (Fsp3) is 0.300. The molecular weight excluding hydrogens is 289 g/mol. The van der Waals surface area contributed by atoms with Crippen LogP contribution in [0.2, 0.25) is 0 Å². The van der Waals surface area contributed by atoms with Crippen molar-refractivity contribution < 1.29 is 23.1 Å². The summed E-state index contributed by atoms with van der Waals surface area (Å²) in [6, 6.07) is 1.55. The van der Waals surface area contributed by atoms with E-state index in [1.54, 1.807) is 0 Å². The zero-order chi connectivity index (χ0) is 12.3. The van der Waals surface area contributed by atoms with E-state index in [4.69, 9.17) is 0 Å². The SMILES string of the molecule is O=CCCc1c(O)cc(C(F)(F)F)cc1Br. The van der Waals surface area contributed by atoms with Gasteiger partial charge in [-0.05, 0) is 18.6 Å². The molecule has 0 aromatic heterocycles. The van der Waals surface area contributed by atoms with Crippen LogP contribution < -0.4 is 0 Å². The van der Waals surface area contributed by atoms with Crippen LogP contribution in [0.4, 0.5) is 13.2 Å². The van der Waals surface area contributed by atoms with Crippen molar-refractivity contribution in [1.29, 1.82) is 0 Å². The molecule has 1 aromatic rings. The van der Waals surface area contributed by atoms with Gasteiger partial charge in [0.1, 0.15) is 12.0 Å². The fourth-order valence-corrected chi connectivity index (χ4v) is 1.88. The van der Waals surface area contributed by atoms with Crippen LogP contribution in [0.5, 0.6) is 5.75 Å². The Bertz CT molecular complexity index is 379. The van der Waals surface area contributed by atoms with Gasteiger partial charge >= 0.3 is 6.18 Å². The van der Waals surface area contributed by atoms with E-state index >= 15 is 0 Å². The number of carbonyl (C=O) groups excluding carboxylic acids is 1. The van der Waals surface area contributed by atoms with Crippen molar-refractivity contribution in [3.8, 4) is 5.75 Å². The summed E-state index contributed by atoms with van der Waals surface area (Å²) in [4.78, 5) is 10.2. The number of rotatable bonds is 3. The van der Waals surface area contributed by atoms with Crippen LogP contribution in [-0.2, 0) is 17.4 Å². The number of halogens is 4. The lowest BCUT2D eigenvalue weighted by atomic mass is 10.1. The molecule has 0 fully saturated rings. The van der Waals surface area contributed by atoms with Crippen LogP contribution in [0.3, 0.4) is 0 Å². The molecule has 0 aliphatic heterocycles. The predicted molar refractivity (Wildman–Crippen MR) is 55.2 cm³/mol. The third-order valence-corrected chi connectivity index (χ3v) is 2.72. The second-order valence-corrected chi connectivity index (χ2v) is 4.01. The van der Waals surface area contributed by atoms with Crippen LogP contribution >= 0.6 is 15.9 Å². The number of benzene rings is 1. The van der Waals surface area contributed by atoms with Crippen molar-refractivity contribution in [2.75, 3.05) is 0 Å². The Morgan fingerprint density at radius 1 is 1.38 bits per heavy atom. The Morgan fingerprint density at radius 3 is 2.44 bits per heavy atom. The molecule has 0 heterocycles. The molecule has 0 spiro atoms. The smallest absolute Gasteiger partial charge is 0.416 e. The van der Waals surface area contributed by atoms with Crippen molar-refractivity contribution in [2.24, 2.45) is 0 Å². The minimum atomic E-state index is -4.50. The molecule has 0 saturated carbocycles. The number of hydrogen-bond donors (Lipinski definition) is 1. The molecule has 16 heavy (non-hydrogen) atoms. The standard InChI is InChI=1S/C10H8BrF3O2/c11-8-4-6(10(12,13)14)5-9(16)7(8)2-1-3-15/h3-5,16H,1-2H2. The quantitative estimate of drug-likeness (QED) is 0.869. The highest BCUT2D eigenvalue weighted by atomic mass is 79.9. The maximum Gasteiger partial charge on any atom is 0.416 e. The van der Waals surface area contributed by atoms with Gasteiger partial charge in [-0.3, -0.25) is 0 Å². The van der Waals surface area contributed by atoms with E-state index in [0.717, 1.165) is 6.07 Å². The molecule has 6 heteroatoms. The minimum absolute atomic E-state index is 0.150.